The highest BCUT2D eigenvalue weighted by Crippen LogP contribution is 2.27. The number of rotatable bonds is 4. The summed E-state index contributed by atoms with van der Waals surface area (Å²) in [6, 6.07) is 13.1. The Morgan fingerprint density at radius 1 is 0.875 bits per heavy atom. The Labute approximate surface area is 143 Å². The minimum atomic E-state index is -1.86. The molecule has 0 saturated heterocycles. The number of esters is 2. The van der Waals surface area contributed by atoms with Gasteiger partial charge in [-0.25, -0.2) is 9.59 Å². The van der Waals surface area contributed by atoms with E-state index in [2.05, 4.69) is 19.6 Å². The van der Waals surface area contributed by atoms with Crippen molar-refractivity contribution in [3.05, 3.63) is 53.6 Å². The van der Waals surface area contributed by atoms with Gasteiger partial charge in [-0.15, -0.1) is 0 Å². The van der Waals surface area contributed by atoms with Gasteiger partial charge in [0, 0.05) is 0 Å². The average Bonchev–Trinajstić information content (AvgIpc) is 2.59. The Bertz CT molecular complexity index is 761. The molecule has 2 aromatic carbocycles. The number of carbonyl (C=O) groups is 2. The van der Waals surface area contributed by atoms with Crippen LogP contribution in [-0.2, 0) is 9.47 Å². The first-order valence-corrected chi connectivity index (χ1v) is 11.2. The molecule has 0 N–H and O–H groups in total. The number of benzene rings is 2. The van der Waals surface area contributed by atoms with Crippen molar-refractivity contribution in [3.8, 4) is 11.1 Å². The highest BCUT2D eigenvalue weighted by Gasteiger charge is 2.28. The van der Waals surface area contributed by atoms with Crippen LogP contribution < -0.4 is 5.19 Å². The van der Waals surface area contributed by atoms with E-state index in [0.29, 0.717) is 11.1 Å². The number of methoxy groups -OCH3 is 2. The maximum absolute atomic E-state index is 12.4. The maximum atomic E-state index is 12.4. The van der Waals surface area contributed by atoms with Crippen LogP contribution in [0.1, 0.15) is 20.7 Å². The lowest BCUT2D eigenvalue weighted by atomic mass is 9.97. The Morgan fingerprint density at radius 3 is 1.96 bits per heavy atom. The minimum Gasteiger partial charge on any atom is -0.465 e. The van der Waals surface area contributed by atoms with Gasteiger partial charge in [0.25, 0.3) is 0 Å². The van der Waals surface area contributed by atoms with Gasteiger partial charge in [-0.2, -0.15) is 0 Å². The van der Waals surface area contributed by atoms with Gasteiger partial charge in [-0.05, 0) is 23.3 Å². The van der Waals surface area contributed by atoms with Crippen LogP contribution in [0.25, 0.3) is 11.1 Å². The molecule has 0 aliphatic rings. The molecule has 0 bridgehead atoms. The van der Waals surface area contributed by atoms with Gasteiger partial charge < -0.3 is 9.47 Å². The van der Waals surface area contributed by atoms with Gasteiger partial charge >= 0.3 is 11.9 Å². The van der Waals surface area contributed by atoms with Gasteiger partial charge in [-0.1, -0.05) is 55.2 Å². The third kappa shape index (κ3) is 3.57. The fourth-order valence-corrected chi connectivity index (χ4v) is 4.27. The fraction of sp³-hybridized carbons (Fsp3) is 0.263. The lowest BCUT2D eigenvalue weighted by molar-refractivity contribution is 0.0600. The van der Waals surface area contributed by atoms with Crippen molar-refractivity contribution in [2.75, 3.05) is 14.2 Å². The molecule has 0 unspecified atom stereocenters. The molecule has 0 aromatic heterocycles. The summed E-state index contributed by atoms with van der Waals surface area (Å²) in [5.41, 5.74) is 2.54. The van der Waals surface area contributed by atoms with Gasteiger partial charge in [-0.3, -0.25) is 0 Å². The molecule has 126 valence electrons. The third-order valence-corrected chi connectivity index (χ3v) is 5.85. The molecular formula is C19H22O4Si. The second-order valence-electron chi connectivity index (χ2n) is 6.55. The lowest BCUT2D eigenvalue weighted by Gasteiger charge is -2.24. The second-order valence-corrected chi connectivity index (χ2v) is 11.6. The van der Waals surface area contributed by atoms with Crippen LogP contribution in [0.4, 0.5) is 0 Å². The first kappa shape index (κ1) is 17.9. The zero-order valence-corrected chi connectivity index (χ0v) is 15.7. The first-order chi connectivity index (χ1) is 11.3. The van der Waals surface area contributed by atoms with Crippen LogP contribution in [0.5, 0.6) is 0 Å². The number of ether oxygens (including phenoxy) is 2. The summed E-state index contributed by atoms with van der Waals surface area (Å²) in [6.07, 6.45) is 0. The van der Waals surface area contributed by atoms with E-state index in [0.717, 1.165) is 16.3 Å². The zero-order chi connectivity index (χ0) is 17.9. The molecule has 0 fully saturated rings. The van der Waals surface area contributed by atoms with E-state index >= 15 is 0 Å². The molecule has 2 rings (SSSR count). The third-order valence-electron chi connectivity index (χ3n) is 3.84. The molecular weight excluding hydrogens is 320 g/mol. The average molecular weight is 342 g/mol. The summed E-state index contributed by atoms with van der Waals surface area (Å²) in [5.74, 6) is -0.918. The van der Waals surface area contributed by atoms with Crippen molar-refractivity contribution < 1.29 is 19.1 Å². The van der Waals surface area contributed by atoms with Gasteiger partial charge in [0.05, 0.1) is 33.4 Å². The molecule has 0 aliphatic carbocycles. The highest BCUT2D eigenvalue weighted by atomic mass is 28.3. The molecule has 5 heteroatoms. The van der Waals surface area contributed by atoms with Crippen LogP contribution in [0, 0.1) is 0 Å². The van der Waals surface area contributed by atoms with Crippen molar-refractivity contribution in [2.24, 2.45) is 0 Å². The van der Waals surface area contributed by atoms with Crippen LogP contribution >= 0.6 is 0 Å². The highest BCUT2D eigenvalue weighted by molar-refractivity contribution is 6.89. The van der Waals surface area contributed by atoms with E-state index in [-0.39, 0.29) is 0 Å². The number of hydrogen-bond acceptors (Lipinski definition) is 4. The molecule has 4 nitrogen and oxygen atoms in total. The molecule has 0 saturated carbocycles. The largest absolute Gasteiger partial charge is 0.465 e. The molecule has 0 amide bonds. The van der Waals surface area contributed by atoms with Crippen LogP contribution in [-0.4, -0.2) is 34.2 Å². The van der Waals surface area contributed by atoms with E-state index in [9.17, 15) is 9.59 Å². The van der Waals surface area contributed by atoms with Crippen LogP contribution in [0.3, 0.4) is 0 Å². The Morgan fingerprint density at radius 2 is 1.46 bits per heavy atom. The standard InChI is InChI=1S/C19H22O4Si/c1-22-18(20)14-11-15(19(21)23-2)17(13-9-7-6-8-10-13)16(12-14)24(3,4)5/h6-12H,1-5H3. The molecule has 0 aliphatic heterocycles. The maximum Gasteiger partial charge on any atom is 0.338 e. The van der Waals surface area contributed by atoms with Crippen molar-refractivity contribution in [1.29, 1.82) is 0 Å². The van der Waals surface area contributed by atoms with Gasteiger partial charge in [0.15, 0.2) is 0 Å². The Hall–Kier alpha value is -2.40. The van der Waals surface area contributed by atoms with Gasteiger partial charge in [0.1, 0.15) is 0 Å². The summed E-state index contributed by atoms with van der Waals surface area (Å²) in [4.78, 5) is 24.4. The molecule has 0 spiro atoms. The van der Waals surface area contributed by atoms with Crippen molar-refractivity contribution in [2.45, 2.75) is 19.6 Å². The van der Waals surface area contributed by atoms with E-state index in [1.807, 2.05) is 36.4 Å². The predicted molar refractivity (Wildman–Crippen MR) is 97.5 cm³/mol. The lowest BCUT2D eigenvalue weighted by Crippen LogP contribution is -2.40. The Balaban J connectivity index is 2.88. The molecule has 24 heavy (non-hydrogen) atoms. The summed E-state index contributed by atoms with van der Waals surface area (Å²) < 4.78 is 9.80. The van der Waals surface area contributed by atoms with Crippen molar-refractivity contribution in [1.82, 2.24) is 0 Å². The van der Waals surface area contributed by atoms with E-state index in [4.69, 9.17) is 9.47 Å². The predicted octanol–water partition coefficient (Wildman–Crippen LogP) is 3.47. The Kier molecular flexibility index (Phi) is 5.24. The number of carbonyl (C=O) groups excluding carboxylic acids is 2. The van der Waals surface area contributed by atoms with E-state index in [1.165, 1.54) is 14.2 Å². The summed E-state index contributed by atoms with van der Waals surface area (Å²) in [7, 11) is 0.820. The quantitative estimate of drug-likeness (QED) is 0.631. The normalized spacial score (nSPS) is 11.0. The smallest absolute Gasteiger partial charge is 0.338 e. The first-order valence-electron chi connectivity index (χ1n) is 7.70. The summed E-state index contributed by atoms with van der Waals surface area (Å²) in [5, 5.41) is 1.03. The minimum absolute atomic E-state index is 0.370. The molecule has 0 radical (unpaired) electrons. The molecule has 0 atom stereocenters. The van der Waals surface area contributed by atoms with E-state index < -0.39 is 20.0 Å². The van der Waals surface area contributed by atoms with Crippen LogP contribution in [0.15, 0.2) is 42.5 Å². The van der Waals surface area contributed by atoms with Gasteiger partial charge in [0.2, 0.25) is 0 Å². The topological polar surface area (TPSA) is 52.6 Å². The van der Waals surface area contributed by atoms with Crippen molar-refractivity contribution >= 4 is 25.2 Å². The SMILES string of the molecule is COC(=O)c1cc(C(=O)OC)c(-c2ccccc2)c([Si](C)(C)C)c1. The monoisotopic (exact) mass is 342 g/mol. The second kappa shape index (κ2) is 7.01. The fourth-order valence-electron chi connectivity index (χ4n) is 2.66. The molecule has 2 aromatic rings. The van der Waals surface area contributed by atoms with Crippen LogP contribution in [0.2, 0.25) is 19.6 Å². The molecule has 0 heterocycles. The number of hydrogen-bond donors (Lipinski definition) is 0. The zero-order valence-electron chi connectivity index (χ0n) is 14.7. The summed E-state index contributed by atoms with van der Waals surface area (Å²) >= 11 is 0. The van der Waals surface area contributed by atoms with Crippen molar-refractivity contribution in [3.63, 3.8) is 0 Å². The summed E-state index contributed by atoms with van der Waals surface area (Å²) in [6.45, 7) is 6.53. The van der Waals surface area contributed by atoms with E-state index in [1.54, 1.807) is 6.07 Å².